The third-order valence-corrected chi connectivity index (χ3v) is 8.48. The first-order valence-corrected chi connectivity index (χ1v) is 14.6. The van der Waals surface area contributed by atoms with Gasteiger partial charge in [-0.1, -0.05) is 30.3 Å². The fourth-order valence-electron chi connectivity index (χ4n) is 6.04. The average molecular weight is 580 g/mol. The Morgan fingerprint density at radius 3 is 2.53 bits per heavy atom. The number of likely N-dealkylation sites (tertiary alicyclic amines) is 1. The zero-order chi connectivity index (χ0) is 30.1. The van der Waals surface area contributed by atoms with Crippen LogP contribution in [0.1, 0.15) is 54.0 Å². The first-order valence-electron chi connectivity index (χ1n) is 14.6. The molecule has 0 bridgehead atoms. The summed E-state index contributed by atoms with van der Waals surface area (Å²) in [6, 6.07) is 18.2. The van der Waals surface area contributed by atoms with Gasteiger partial charge in [0.15, 0.2) is 0 Å². The van der Waals surface area contributed by atoms with Crippen LogP contribution in [-0.4, -0.2) is 52.1 Å². The molecule has 43 heavy (non-hydrogen) atoms. The molecule has 220 valence electrons. The number of carbonyl (C=O) groups is 3. The second-order valence-electron chi connectivity index (χ2n) is 11.3. The molecule has 3 amide bonds. The third-order valence-electron chi connectivity index (χ3n) is 8.48. The van der Waals surface area contributed by atoms with Crippen LogP contribution in [-0.2, 0) is 33.8 Å². The smallest absolute Gasteiger partial charge is 0.270 e. The van der Waals surface area contributed by atoms with E-state index in [9.17, 15) is 24.5 Å². The van der Waals surface area contributed by atoms with Gasteiger partial charge in [0.05, 0.1) is 16.2 Å². The number of anilines is 2. The quantitative estimate of drug-likeness (QED) is 0.231. The van der Waals surface area contributed by atoms with Crippen molar-refractivity contribution in [3.8, 4) is 0 Å². The lowest BCUT2D eigenvalue weighted by Crippen LogP contribution is -2.36. The maximum Gasteiger partial charge on any atom is 0.270 e. The van der Waals surface area contributed by atoms with Crippen molar-refractivity contribution in [3.05, 3.63) is 98.6 Å². The van der Waals surface area contributed by atoms with E-state index in [1.807, 2.05) is 52.3 Å². The SMILES string of the molecule is CC(=O)N1CCc2cc(N/C(=C3\C(=O)Nc4ccc([N+](=O)[O-])cc43)c3ccc(CCN4CCCCC4=O)cc3)ccc2C1. The molecule has 1 saturated heterocycles. The van der Waals surface area contributed by atoms with Crippen LogP contribution in [0.4, 0.5) is 17.1 Å². The number of nitro groups is 1. The van der Waals surface area contributed by atoms with E-state index in [0.29, 0.717) is 48.6 Å². The minimum absolute atomic E-state index is 0.0471. The maximum absolute atomic E-state index is 13.4. The molecule has 0 aromatic heterocycles. The summed E-state index contributed by atoms with van der Waals surface area (Å²) in [5.41, 5.74) is 6.55. The molecule has 10 heteroatoms. The minimum atomic E-state index is -0.469. The van der Waals surface area contributed by atoms with Crippen molar-refractivity contribution in [1.29, 1.82) is 0 Å². The Bertz CT molecular complexity index is 1660. The molecule has 3 aromatic rings. The van der Waals surface area contributed by atoms with Gasteiger partial charge in [-0.25, -0.2) is 0 Å². The van der Waals surface area contributed by atoms with Gasteiger partial charge in [0.2, 0.25) is 11.8 Å². The maximum atomic E-state index is 13.4. The second kappa shape index (κ2) is 11.7. The molecule has 3 aliphatic rings. The number of benzene rings is 3. The largest absolute Gasteiger partial charge is 0.354 e. The fourth-order valence-corrected chi connectivity index (χ4v) is 6.04. The first kappa shape index (κ1) is 28.1. The predicted molar refractivity (Wildman–Crippen MR) is 164 cm³/mol. The number of nitrogens with zero attached hydrogens (tertiary/aromatic N) is 3. The molecule has 0 spiro atoms. The number of hydrogen-bond acceptors (Lipinski definition) is 6. The molecule has 10 nitrogen and oxygen atoms in total. The fraction of sp³-hybridized carbons (Fsp3) is 0.303. The Hall–Kier alpha value is -4.99. The van der Waals surface area contributed by atoms with Gasteiger partial charge in [-0.15, -0.1) is 0 Å². The lowest BCUT2D eigenvalue weighted by Gasteiger charge is -2.28. The predicted octanol–water partition coefficient (Wildman–Crippen LogP) is 4.99. The van der Waals surface area contributed by atoms with Gasteiger partial charge in [0, 0.05) is 68.6 Å². The Labute approximate surface area is 249 Å². The Kier molecular flexibility index (Phi) is 7.67. The summed E-state index contributed by atoms with van der Waals surface area (Å²) in [6.07, 6.45) is 4.05. The molecule has 1 fully saturated rings. The molecule has 0 atom stereocenters. The van der Waals surface area contributed by atoms with E-state index >= 15 is 0 Å². The number of rotatable bonds is 7. The van der Waals surface area contributed by atoms with E-state index < -0.39 is 4.92 Å². The highest BCUT2D eigenvalue weighted by molar-refractivity contribution is 6.37. The van der Waals surface area contributed by atoms with Gasteiger partial charge in [-0.3, -0.25) is 24.5 Å². The van der Waals surface area contributed by atoms with Crippen molar-refractivity contribution in [2.24, 2.45) is 0 Å². The third kappa shape index (κ3) is 5.86. The number of carbonyl (C=O) groups excluding carboxylic acids is 3. The van der Waals surface area contributed by atoms with Crippen LogP contribution >= 0.6 is 0 Å². The molecular formula is C33H33N5O5. The zero-order valence-corrected chi connectivity index (χ0v) is 24.0. The number of nitro benzene ring substituents is 1. The van der Waals surface area contributed by atoms with Gasteiger partial charge in [-0.05, 0) is 66.1 Å². The Morgan fingerprint density at radius 2 is 1.79 bits per heavy atom. The molecule has 2 N–H and O–H groups in total. The van der Waals surface area contributed by atoms with Crippen molar-refractivity contribution in [3.63, 3.8) is 0 Å². The topological polar surface area (TPSA) is 125 Å². The van der Waals surface area contributed by atoms with Crippen molar-refractivity contribution in [2.45, 2.75) is 45.6 Å². The Morgan fingerprint density at radius 1 is 0.977 bits per heavy atom. The number of fused-ring (bicyclic) bond motifs is 2. The summed E-state index contributed by atoms with van der Waals surface area (Å²) in [6.45, 7) is 4.24. The number of non-ortho nitro benzene ring substituents is 1. The molecule has 0 unspecified atom stereocenters. The van der Waals surface area contributed by atoms with Crippen molar-refractivity contribution < 1.29 is 19.3 Å². The van der Waals surface area contributed by atoms with Gasteiger partial charge < -0.3 is 20.4 Å². The van der Waals surface area contributed by atoms with Gasteiger partial charge in [-0.2, -0.15) is 0 Å². The monoisotopic (exact) mass is 579 g/mol. The first-order chi connectivity index (χ1) is 20.8. The van der Waals surface area contributed by atoms with Crippen LogP contribution < -0.4 is 10.6 Å². The highest BCUT2D eigenvalue weighted by Crippen LogP contribution is 2.39. The van der Waals surface area contributed by atoms with E-state index in [0.717, 1.165) is 60.2 Å². The summed E-state index contributed by atoms with van der Waals surface area (Å²) in [4.78, 5) is 52.3. The Balaban J connectivity index is 1.35. The minimum Gasteiger partial charge on any atom is -0.354 e. The molecular weight excluding hydrogens is 546 g/mol. The molecule has 0 saturated carbocycles. The molecule has 3 heterocycles. The number of amides is 3. The highest BCUT2D eigenvalue weighted by Gasteiger charge is 2.30. The van der Waals surface area contributed by atoms with E-state index in [1.54, 1.807) is 13.0 Å². The zero-order valence-electron chi connectivity index (χ0n) is 24.0. The normalized spacial score (nSPS) is 17.2. The molecule has 6 rings (SSSR count). The van der Waals surface area contributed by atoms with E-state index in [-0.39, 0.29) is 23.4 Å². The van der Waals surface area contributed by atoms with Gasteiger partial charge in [0.25, 0.3) is 11.6 Å². The summed E-state index contributed by atoms with van der Waals surface area (Å²) in [7, 11) is 0. The van der Waals surface area contributed by atoms with Crippen molar-refractivity contribution in [2.75, 3.05) is 30.3 Å². The molecule has 3 aromatic carbocycles. The van der Waals surface area contributed by atoms with Gasteiger partial charge >= 0.3 is 0 Å². The summed E-state index contributed by atoms with van der Waals surface area (Å²) >= 11 is 0. The van der Waals surface area contributed by atoms with Crippen LogP contribution in [0.5, 0.6) is 0 Å². The van der Waals surface area contributed by atoms with Gasteiger partial charge in [0.1, 0.15) is 0 Å². The van der Waals surface area contributed by atoms with E-state index in [4.69, 9.17) is 0 Å². The molecule has 0 aliphatic carbocycles. The summed E-state index contributed by atoms with van der Waals surface area (Å²) in [5, 5.41) is 17.9. The van der Waals surface area contributed by atoms with Crippen LogP contribution in [0.15, 0.2) is 60.7 Å². The van der Waals surface area contributed by atoms with Crippen LogP contribution in [0.3, 0.4) is 0 Å². The standard InChI is InChI=1S/C33H33N5O5/c1-21(39)37-17-14-24-18-26(10-9-25(24)20-37)34-32(31-28-19-27(38(42)43)11-12-29(28)35-33(31)41)23-7-5-22(6-8-23)13-16-36-15-3-2-4-30(36)40/h5-12,18-19,34H,2-4,13-17,20H2,1H3,(H,35,41)/b32-31-. The van der Waals surface area contributed by atoms with E-state index in [1.165, 1.54) is 12.1 Å². The average Bonchev–Trinajstić information content (AvgIpc) is 3.34. The van der Waals surface area contributed by atoms with Crippen LogP contribution in [0, 0.1) is 10.1 Å². The molecule has 3 aliphatic heterocycles. The summed E-state index contributed by atoms with van der Waals surface area (Å²) in [5.74, 6) is -0.0928. The second-order valence-corrected chi connectivity index (χ2v) is 11.3. The lowest BCUT2D eigenvalue weighted by atomic mass is 9.96. The number of nitrogens with one attached hydrogen (secondary N) is 2. The number of piperidine rings is 1. The van der Waals surface area contributed by atoms with Crippen molar-refractivity contribution in [1.82, 2.24) is 9.80 Å². The van der Waals surface area contributed by atoms with Crippen LogP contribution in [0.25, 0.3) is 11.3 Å². The van der Waals surface area contributed by atoms with Crippen molar-refractivity contribution >= 4 is 46.1 Å². The highest BCUT2D eigenvalue weighted by atomic mass is 16.6. The lowest BCUT2D eigenvalue weighted by molar-refractivity contribution is -0.384. The number of hydrogen-bond donors (Lipinski definition) is 2. The molecule has 0 radical (unpaired) electrons. The summed E-state index contributed by atoms with van der Waals surface area (Å²) < 4.78 is 0. The van der Waals surface area contributed by atoms with E-state index in [2.05, 4.69) is 10.6 Å². The van der Waals surface area contributed by atoms with Crippen LogP contribution in [0.2, 0.25) is 0 Å².